The van der Waals surface area contributed by atoms with Crippen molar-refractivity contribution in [2.24, 2.45) is 0 Å². The molecular formula is C27H28O2. The molecule has 0 heterocycles. The average molecular weight is 385 g/mol. The predicted molar refractivity (Wildman–Crippen MR) is 125 cm³/mol. The third-order valence-electron chi connectivity index (χ3n) is 4.22. The fraction of sp³-hybridized carbons (Fsp3) is 0.111. The number of benzene rings is 3. The molecule has 0 fully saturated rings. The lowest BCUT2D eigenvalue weighted by atomic mass is 10.1. The van der Waals surface area contributed by atoms with Crippen LogP contribution in [0.5, 0.6) is 11.5 Å². The van der Waals surface area contributed by atoms with Crippen molar-refractivity contribution in [1.82, 2.24) is 0 Å². The van der Waals surface area contributed by atoms with Crippen molar-refractivity contribution in [1.29, 1.82) is 0 Å². The molecule has 0 N–H and O–H groups in total. The predicted octanol–water partition coefficient (Wildman–Crippen LogP) is 7.07. The molecule has 0 aromatic heterocycles. The van der Waals surface area contributed by atoms with Gasteiger partial charge in [-0.05, 0) is 36.2 Å². The number of methoxy groups -OCH3 is 2. The summed E-state index contributed by atoms with van der Waals surface area (Å²) < 4.78 is 10.5. The minimum atomic E-state index is 0.862. The summed E-state index contributed by atoms with van der Waals surface area (Å²) in [4.78, 5) is 0. The van der Waals surface area contributed by atoms with Crippen LogP contribution in [-0.2, 0) is 0 Å². The Labute approximate surface area is 174 Å². The molecule has 3 aromatic carbocycles. The quantitative estimate of drug-likeness (QED) is 0.423. The highest BCUT2D eigenvalue weighted by molar-refractivity contribution is 5.61. The number of aryl methyl sites for hydroxylation is 1. The number of ether oxygens (including phenoxy) is 2. The van der Waals surface area contributed by atoms with E-state index in [2.05, 4.69) is 37.8 Å². The average Bonchev–Trinajstić information content (AvgIpc) is 2.78. The van der Waals surface area contributed by atoms with Gasteiger partial charge in [-0.1, -0.05) is 97.1 Å². The minimum Gasteiger partial charge on any atom is -0.497 e. The smallest absolute Gasteiger partial charge is 0.126 e. The summed E-state index contributed by atoms with van der Waals surface area (Å²) in [6.45, 7) is 5.74. The number of para-hydroxylation sites is 1. The Morgan fingerprint density at radius 2 is 1.45 bits per heavy atom. The zero-order valence-electron chi connectivity index (χ0n) is 17.3. The fourth-order valence-corrected chi connectivity index (χ4v) is 2.58. The van der Waals surface area contributed by atoms with Crippen LogP contribution in [0.4, 0.5) is 0 Å². The van der Waals surface area contributed by atoms with E-state index in [0.717, 1.165) is 22.6 Å². The number of rotatable bonds is 6. The maximum absolute atomic E-state index is 5.30. The van der Waals surface area contributed by atoms with E-state index in [4.69, 9.17) is 9.47 Å². The van der Waals surface area contributed by atoms with Crippen molar-refractivity contribution in [2.45, 2.75) is 6.92 Å². The Bertz CT molecular complexity index is 950. The molecule has 0 atom stereocenters. The molecule has 0 unspecified atom stereocenters. The summed E-state index contributed by atoms with van der Waals surface area (Å²) in [6, 6.07) is 24.1. The van der Waals surface area contributed by atoms with Crippen LogP contribution in [0.3, 0.4) is 0 Å². The van der Waals surface area contributed by atoms with Crippen LogP contribution in [0.15, 0.2) is 91.5 Å². The third kappa shape index (κ3) is 7.55. The van der Waals surface area contributed by atoms with Gasteiger partial charge in [-0.3, -0.25) is 0 Å². The molecule has 0 aliphatic carbocycles. The van der Waals surface area contributed by atoms with Crippen LogP contribution in [0.25, 0.3) is 18.2 Å². The van der Waals surface area contributed by atoms with Gasteiger partial charge in [0, 0.05) is 5.56 Å². The van der Waals surface area contributed by atoms with Crippen LogP contribution >= 0.6 is 0 Å². The lowest BCUT2D eigenvalue weighted by Crippen LogP contribution is -1.85. The third-order valence-corrected chi connectivity index (χ3v) is 4.22. The van der Waals surface area contributed by atoms with E-state index in [9.17, 15) is 0 Å². The molecule has 148 valence electrons. The topological polar surface area (TPSA) is 18.5 Å². The van der Waals surface area contributed by atoms with E-state index in [0.29, 0.717) is 0 Å². The Morgan fingerprint density at radius 3 is 2.14 bits per heavy atom. The second-order valence-corrected chi connectivity index (χ2v) is 6.35. The lowest BCUT2D eigenvalue weighted by molar-refractivity contribution is 0.414. The van der Waals surface area contributed by atoms with Crippen LogP contribution in [0, 0.1) is 6.92 Å². The van der Waals surface area contributed by atoms with E-state index in [-0.39, 0.29) is 0 Å². The van der Waals surface area contributed by atoms with Gasteiger partial charge < -0.3 is 9.47 Å². The van der Waals surface area contributed by atoms with Gasteiger partial charge in [0.25, 0.3) is 0 Å². The number of allylic oxidation sites excluding steroid dienone is 2. The normalized spacial score (nSPS) is 10.4. The van der Waals surface area contributed by atoms with Gasteiger partial charge in [-0.2, -0.15) is 0 Å². The minimum absolute atomic E-state index is 0.862. The first-order valence-electron chi connectivity index (χ1n) is 9.47. The standard InChI is InChI=1S/C18H18O2.C9H10/c1-19-17-12-7-9-15(14-17)8-3-4-10-16-11-5-6-13-18(16)20-2;1-3-9-6-4-8(2)5-7-9/h3-14H,1-2H3;3-7H,1H2,2H3. The van der Waals surface area contributed by atoms with Gasteiger partial charge >= 0.3 is 0 Å². The maximum Gasteiger partial charge on any atom is 0.126 e. The Balaban J connectivity index is 0.000000278. The Morgan fingerprint density at radius 1 is 0.724 bits per heavy atom. The molecule has 2 nitrogen and oxygen atoms in total. The highest BCUT2D eigenvalue weighted by atomic mass is 16.5. The van der Waals surface area contributed by atoms with Crippen molar-refractivity contribution in [3.63, 3.8) is 0 Å². The first kappa shape index (κ1) is 21.8. The van der Waals surface area contributed by atoms with E-state index in [1.54, 1.807) is 14.2 Å². The van der Waals surface area contributed by atoms with Crippen LogP contribution in [0.2, 0.25) is 0 Å². The fourth-order valence-electron chi connectivity index (χ4n) is 2.58. The Kier molecular flexibility index (Phi) is 9.04. The summed E-state index contributed by atoms with van der Waals surface area (Å²) in [6.07, 6.45) is 9.90. The van der Waals surface area contributed by atoms with Crippen molar-refractivity contribution in [3.05, 3.63) is 114 Å². The molecular weight excluding hydrogens is 356 g/mol. The molecule has 0 saturated heterocycles. The zero-order valence-corrected chi connectivity index (χ0v) is 17.3. The molecule has 0 aliphatic rings. The van der Waals surface area contributed by atoms with E-state index in [1.165, 1.54) is 11.1 Å². The van der Waals surface area contributed by atoms with Gasteiger partial charge in [0.2, 0.25) is 0 Å². The second-order valence-electron chi connectivity index (χ2n) is 6.35. The number of hydrogen-bond acceptors (Lipinski definition) is 2. The van der Waals surface area contributed by atoms with Gasteiger partial charge in [0.15, 0.2) is 0 Å². The summed E-state index contributed by atoms with van der Waals surface area (Å²) in [7, 11) is 3.35. The van der Waals surface area contributed by atoms with E-state index in [1.807, 2.05) is 78.9 Å². The summed E-state index contributed by atoms with van der Waals surface area (Å²) >= 11 is 0. The van der Waals surface area contributed by atoms with Crippen molar-refractivity contribution in [3.8, 4) is 11.5 Å². The maximum atomic E-state index is 5.30. The van der Waals surface area contributed by atoms with Crippen LogP contribution in [-0.4, -0.2) is 14.2 Å². The molecule has 0 saturated carbocycles. The SMILES string of the molecule is C=Cc1ccc(C)cc1.COc1cccc(C=CC=Cc2ccccc2OC)c1. The molecule has 29 heavy (non-hydrogen) atoms. The summed E-state index contributed by atoms with van der Waals surface area (Å²) in [5.74, 6) is 1.74. The van der Waals surface area contributed by atoms with Gasteiger partial charge in [-0.15, -0.1) is 0 Å². The van der Waals surface area contributed by atoms with Gasteiger partial charge in [0.05, 0.1) is 14.2 Å². The molecule has 0 aliphatic heterocycles. The lowest BCUT2D eigenvalue weighted by Gasteiger charge is -2.02. The molecule has 0 amide bonds. The van der Waals surface area contributed by atoms with Crippen LogP contribution in [0.1, 0.15) is 22.3 Å². The van der Waals surface area contributed by atoms with E-state index >= 15 is 0 Å². The Hall–Kier alpha value is -3.52. The first-order valence-corrected chi connectivity index (χ1v) is 9.47. The van der Waals surface area contributed by atoms with Crippen molar-refractivity contribution < 1.29 is 9.47 Å². The van der Waals surface area contributed by atoms with Crippen LogP contribution < -0.4 is 9.47 Å². The second kappa shape index (κ2) is 12.0. The molecule has 0 bridgehead atoms. The summed E-state index contributed by atoms with van der Waals surface area (Å²) in [5.41, 5.74) is 4.64. The molecule has 3 aromatic rings. The molecule has 0 spiro atoms. The van der Waals surface area contributed by atoms with Crippen molar-refractivity contribution >= 4 is 18.2 Å². The van der Waals surface area contributed by atoms with Gasteiger partial charge in [-0.25, -0.2) is 0 Å². The zero-order chi connectivity index (χ0) is 20.9. The molecule has 0 radical (unpaired) electrons. The molecule has 2 heteroatoms. The number of hydrogen-bond donors (Lipinski definition) is 0. The summed E-state index contributed by atoms with van der Waals surface area (Å²) in [5, 5.41) is 0. The highest BCUT2D eigenvalue weighted by Crippen LogP contribution is 2.19. The van der Waals surface area contributed by atoms with Crippen molar-refractivity contribution in [2.75, 3.05) is 14.2 Å². The largest absolute Gasteiger partial charge is 0.497 e. The first-order chi connectivity index (χ1) is 14.2. The molecule has 3 rings (SSSR count). The van der Waals surface area contributed by atoms with E-state index < -0.39 is 0 Å². The monoisotopic (exact) mass is 384 g/mol. The highest BCUT2D eigenvalue weighted by Gasteiger charge is 1.95. The van der Waals surface area contributed by atoms with Gasteiger partial charge in [0.1, 0.15) is 11.5 Å².